The molecule has 0 fully saturated rings. The van der Waals surface area contributed by atoms with Gasteiger partial charge in [-0.3, -0.25) is 4.57 Å². The minimum absolute atomic E-state index is 0.128. The molecule has 0 unspecified atom stereocenters. The van der Waals surface area contributed by atoms with Crippen LogP contribution in [0.1, 0.15) is 9.75 Å². The highest BCUT2D eigenvalue weighted by Crippen LogP contribution is 2.24. The monoisotopic (exact) mass is 281 g/mol. The number of rotatable bonds is 3. The van der Waals surface area contributed by atoms with Crippen molar-refractivity contribution in [1.29, 1.82) is 0 Å². The Balaban J connectivity index is 2.00. The lowest BCUT2D eigenvalue weighted by Crippen LogP contribution is -2.12. The summed E-state index contributed by atoms with van der Waals surface area (Å²) < 4.78 is 1.48. The van der Waals surface area contributed by atoms with Gasteiger partial charge in [0, 0.05) is 17.7 Å². The Labute approximate surface area is 112 Å². The molecule has 0 aliphatic carbocycles. The number of aliphatic hydroxyl groups excluding tert-OH is 1. The fourth-order valence-corrected chi connectivity index (χ4v) is 3.09. The second-order valence-electron chi connectivity index (χ2n) is 3.38. The van der Waals surface area contributed by atoms with E-state index >= 15 is 0 Å². The van der Waals surface area contributed by atoms with Crippen LogP contribution in [0.4, 0.5) is 0 Å². The van der Waals surface area contributed by atoms with Gasteiger partial charge in [-0.25, -0.2) is 9.89 Å². The summed E-state index contributed by atoms with van der Waals surface area (Å²) in [4.78, 5) is 13.2. The maximum Gasteiger partial charge on any atom is 0.343 e. The van der Waals surface area contributed by atoms with Gasteiger partial charge in [-0.05, 0) is 12.1 Å². The lowest BCUT2D eigenvalue weighted by Gasteiger charge is -1.96. The quantitative estimate of drug-likeness (QED) is 0.645. The van der Waals surface area contributed by atoms with Gasteiger partial charge in [0.25, 0.3) is 0 Å². The Hall–Kier alpha value is -1.49. The van der Waals surface area contributed by atoms with Gasteiger partial charge >= 0.3 is 5.69 Å². The summed E-state index contributed by atoms with van der Waals surface area (Å²) in [6.45, 7) is -0.128. The van der Waals surface area contributed by atoms with Crippen molar-refractivity contribution < 1.29 is 5.11 Å². The second kappa shape index (κ2) is 5.91. The Morgan fingerprint density at radius 3 is 3.11 bits per heavy atom. The molecule has 0 atom stereocenters. The van der Waals surface area contributed by atoms with Crippen LogP contribution in [0, 0.1) is 11.8 Å². The smallest absolute Gasteiger partial charge is 0.343 e. The number of thiophene rings is 1. The molecule has 0 aliphatic rings. The van der Waals surface area contributed by atoms with E-state index in [-0.39, 0.29) is 12.3 Å². The molecule has 0 radical (unpaired) electrons. The first-order valence-corrected chi connectivity index (χ1v) is 6.93. The number of hydrogen-bond acceptors (Lipinski definition) is 5. The highest BCUT2D eigenvalue weighted by atomic mass is 32.2. The largest absolute Gasteiger partial charge is 0.384 e. The first-order valence-electron chi connectivity index (χ1n) is 5.13. The number of aromatic amines is 1. The van der Waals surface area contributed by atoms with E-state index in [2.05, 4.69) is 22.0 Å². The lowest BCUT2D eigenvalue weighted by atomic mass is 10.4. The van der Waals surface area contributed by atoms with Crippen LogP contribution in [0.15, 0.2) is 22.1 Å². The van der Waals surface area contributed by atoms with Crippen molar-refractivity contribution in [3.05, 3.63) is 32.4 Å². The zero-order valence-electron chi connectivity index (χ0n) is 9.64. The standard InChI is InChI=1S/C11H11N3O2S2/c1-14-10(16)12-13-11(14)17-7-9-5-4-8(18-9)3-2-6-15/h4-5,15H,6-7H2,1H3,(H,12,16). The van der Waals surface area contributed by atoms with E-state index in [1.54, 1.807) is 18.4 Å². The molecule has 2 aromatic rings. The molecule has 0 saturated carbocycles. The van der Waals surface area contributed by atoms with Crippen molar-refractivity contribution in [1.82, 2.24) is 14.8 Å². The molecule has 18 heavy (non-hydrogen) atoms. The zero-order valence-corrected chi connectivity index (χ0v) is 11.3. The van der Waals surface area contributed by atoms with E-state index in [0.29, 0.717) is 5.16 Å². The summed E-state index contributed by atoms with van der Waals surface area (Å²) in [6.07, 6.45) is 0. The lowest BCUT2D eigenvalue weighted by molar-refractivity contribution is 0.350. The van der Waals surface area contributed by atoms with Crippen molar-refractivity contribution in [2.75, 3.05) is 6.61 Å². The fourth-order valence-electron chi connectivity index (χ4n) is 1.25. The Morgan fingerprint density at radius 1 is 1.61 bits per heavy atom. The Kier molecular flexibility index (Phi) is 4.25. The summed E-state index contributed by atoms with van der Waals surface area (Å²) in [5.74, 6) is 6.21. The predicted octanol–water partition coefficient (Wildman–Crippen LogP) is 0.806. The molecule has 5 nitrogen and oxygen atoms in total. The molecular formula is C11H11N3O2S2. The molecular weight excluding hydrogens is 270 g/mol. The van der Waals surface area contributed by atoms with Gasteiger partial charge in [0.2, 0.25) is 0 Å². The fraction of sp³-hybridized carbons (Fsp3) is 0.273. The second-order valence-corrected chi connectivity index (χ2v) is 5.50. The molecule has 0 aliphatic heterocycles. The van der Waals surface area contributed by atoms with Crippen LogP contribution in [-0.4, -0.2) is 26.5 Å². The maximum atomic E-state index is 11.2. The van der Waals surface area contributed by atoms with E-state index in [1.807, 2.05) is 12.1 Å². The third kappa shape index (κ3) is 3.04. The Bertz CT molecular complexity index is 645. The highest BCUT2D eigenvalue weighted by Gasteiger charge is 2.06. The summed E-state index contributed by atoms with van der Waals surface area (Å²) in [6, 6.07) is 3.91. The highest BCUT2D eigenvalue weighted by molar-refractivity contribution is 7.98. The molecule has 0 saturated heterocycles. The summed E-state index contributed by atoms with van der Waals surface area (Å²) >= 11 is 3.07. The van der Waals surface area contributed by atoms with Crippen molar-refractivity contribution in [3.8, 4) is 11.8 Å². The van der Waals surface area contributed by atoms with Crippen LogP contribution in [0.3, 0.4) is 0 Å². The van der Waals surface area contributed by atoms with Crippen molar-refractivity contribution >= 4 is 23.1 Å². The number of thioether (sulfide) groups is 1. The average molecular weight is 281 g/mol. The van der Waals surface area contributed by atoms with Gasteiger partial charge in [-0.15, -0.1) is 16.4 Å². The van der Waals surface area contributed by atoms with Crippen LogP contribution in [0.2, 0.25) is 0 Å². The number of nitrogens with one attached hydrogen (secondary N) is 1. The van der Waals surface area contributed by atoms with Crippen LogP contribution in [-0.2, 0) is 12.8 Å². The van der Waals surface area contributed by atoms with Gasteiger partial charge in [0.1, 0.15) is 6.61 Å². The summed E-state index contributed by atoms with van der Waals surface area (Å²) in [5, 5.41) is 15.6. The molecule has 2 heterocycles. The molecule has 0 aromatic carbocycles. The van der Waals surface area contributed by atoms with Gasteiger partial charge in [0.15, 0.2) is 5.16 Å². The minimum atomic E-state index is -0.210. The van der Waals surface area contributed by atoms with Crippen LogP contribution in [0.25, 0.3) is 0 Å². The van der Waals surface area contributed by atoms with Gasteiger partial charge in [0.05, 0.1) is 4.88 Å². The third-order valence-electron chi connectivity index (χ3n) is 2.13. The van der Waals surface area contributed by atoms with E-state index in [1.165, 1.54) is 16.3 Å². The van der Waals surface area contributed by atoms with Crippen LogP contribution in [0.5, 0.6) is 0 Å². The first-order chi connectivity index (χ1) is 8.70. The molecule has 0 spiro atoms. The van der Waals surface area contributed by atoms with E-state index < -0.39 is 0 Å². The van der Waals surface area contributed by atoms with E-state index in [9.17, 15) is 4.79 Å². The summed E-state index contributed by atoms with van der Waals surface area (Å²) in [5.41, 5.74) is -0.210. The number of nitrogens with zero attached hydrogens (tertiary/aromatic N) is 2. The van der Waals surface area contributed by atoms with Gasteiger partial charge in [-0.2, -0.15) is 0 Å². The average Bonchev–Trinajstić information content (AvgIpc) is 2.94. The normalized spacial score (nSPS) is 10.1. The van der Waals surface area contributed by atoms with Crippen molar-refractivity contribution in [3.63, 3.8) is 0 Å². The van der Waals surface area contributed by atoms with Crippen molar-refractivity contribution in [2.45, 2.75) is 10.9 Å². The summed E-state index contributed by atoms with van der Waals surface area (Å²) in [7, 11) is 1.68. The number of hydrogen-bond donors (Lipinski definition) is 2. The molecule has 2 aromatic heterocycles. The zero-order chi connectivity index (χ0) is 13.0. The predicted molar refractivity (Wildman–Crippen MR) is 71.7 cm³/mol. The molecule has 0 amide bonds. The molecule has 94 valence electrons. The molecule has 2 rings (SSSR count). The molecule has 2 N–H and O–H groups in total. The van der Waals surface area contributed by atoms with E-state index in [0.717, 1.165) is 15.5 Å². The SMILES string of the molecule is Cn1c(SCc2ccc(C#CCO)s2)n[nH]c1=O. The first kappa shape index (κ1) is 13.0. The minimum Gasteiger partial charge on any atom is -0.384 e. The van der Waals surface area contributed by atoms with E-state index in [4.69, 9.17) is 5.11 Å². The van der Waals surface area contributed by atoms with Gasteiger partial charge in [-0.1, -0.05) is 23.6 Å². The number of aliphatic hydroxyl groups is 1. The van der Waals surface area contributed by atoms with Crippen molar-refractivity contribution in [2.24, 2.45) is 7.05 Å². The topological polar surface area (TPSA) is 70.9 Å². The maximum absolute atomic E-state index is 11.2. The third-order valence-corrected chi connectivity index (χ3v) is 4.40. The van der Waals surface area contributed by atoms with Crippen LogP contribution < -0.4 is 5.69 Å². The number of aromatic nitrogens is 3. The molecule has 7 heteroatoms. The van der Waals surface area contributed by atoms with Gasteiger partial charge < -0.3 is 5.11 Å². The number of H-pyrrole nitrogens is 1. The van der Waals surface area contributed by atoms with Crippen LogP contribution >= 0.6 is 23.1 Å². The molecule has 0 bridgehead atoms. The Morgan fingerprint density at radius 2 is 2.44 bits per heavy atom.